The van der Waals surface area contributed by atoms with Gasteiger partial charge in [-0.1, -0.05) is 11.2 Å². The number of rotatable bonds is 5. The van der Waals surface area contributed by atoms with Crippen LogP contribution in [0, 0.1) is 12.7 Å². The number of likely N-dealkylation sites (N-methyl/N-ethyl adjacent to an activating group) is 1. The van der Waals surface area contributed by atoms with Crippen molar-refractivity contribution in [2.24, 2.45) is 5.16 Å². The van der Waals surface area contributed by atoms with Gasteiger partial charge in [-0.2, -0.15) is 4.31 Å². The summed E-state index contributed by atoms with van der Waals surface area (Å²) in [5, 5.41) is 6.50. The Morgan fingerprint density at radius 2 is 2.07 bits per heavy atom. The van der Waals surface area contributed by atoms with Gasteiger partial charge in [-0.15, -0.1) is 0 Å². The minimum absolute atomic E-state index is 0.0274. The van der Waals surface area contributed by atoms with Crippen molar-refractivity contribution >= 4 is 22.0 Å². The summed E-state index contributed by atoms with van der Waals surface area (Å²) in [7, 11) is -0.0170. The zero-order valence-electron chi connectivity index (χ0n) is 17.4. The highest BCUT2D eigenvalue weighted by atomic mass is 32.2. The largest absolute Gasteiger partial charge is 0.413 e. The van der Waals surface area contributed by atoms with Crippen molar-refractivity contribution < 1.29 is 27.2 Å². The van der Waals surface area contributed by atoms with Crippen molar-refractivity contribution in [3.05, 3.63) is 29.6 Å². The predicted octanol–water partition coefficient (Wildman–Crippen LogP) is 1.68. The van der Waals surface area contributed by atoms with Crippen LogP contribution in [0.15, 0.2) is 28.3 Å². The molecule has 0 aromatic heterocycles. The smallest absolute Gasteiger partial charge is 0.392 e. The van der Waals surface area contributed by atoms with Crippen molar-refractivity contribution in [2.75, 3.05) is 40.3 Å². The van der Waals surface area contributed by atoms with Gasteiger partial charge in [-0.05, 0) is 38.7 Å². The molecular formula is C19H27FN4O5S. The molecule has 2 aliphatic rings. The van der Waals surface area contributed by atoms with E-state index in [4.69, 9.17) is 9.57 Å². The van der Waals surface area contributed by atoms with Crippen LogP contribution in [0.25, 0.3) is 0 Å². The molecule has 1 amide bonds. The Morgan fingerprint density at radius 1 is 1.37 bits per heavy atom. The van der Waals surface area contributed by atoms with E-state index in [0.717, 1.165) is 6.07 Å². The number of benzene rings is 1. The predicted molar refractivity (Wildman–Crippen MR) is 108 cm³/mol. The molecule has 1 saturated heterocycles. The normalized spacial score (nSPS) is 18.9. The number of carbonyl (C=O) groups excluding carboxylic acids is 1. The van der Waals surface area contributed by atoms with E-state index in [1.165, 1.54) is 16.4 Å². The number of amides is 1. The molecule has 11 heteroatoms. The molecule has 1 aromatic carbocycles. The average Bonchev–Trinajstić information content (AvgIpc) is 3.05. The third kappa shape index (κ3) is 5.08. The fourth-order valence-corrected chi connectivity index (χ4v) is 5.14. The highest BCUT2D eigenvalue weighted by Crippen LogP contribution is 2.36. The van der Waals surface area contributed by atoms with Crippen molar-refractivity contribution in [2.45, 2.75) is 36.7 Å². The van der Waals surface area contributed by atoms with Crippen LogP contribution in [-0.4, -0.2) is 75.5 Å². The second-order valence-corrected chi connectivity index (χ2v) is 9.78. The topological polar surface area (TPSA) is 101 Å². The molecule has 1 aromatic rings. The van der Waals surface area contributed by atoms with Gasteiger partial charge < -0.3 is 19.8 Å². The van der Waals surface area contributed by atoms with E-state index in [2.05, 4.69) is 10.5 Å². The number of carbonyl (C=O) groups is 1. The minimum Gasteiger partial charge on any atom is -0.392 e. The Labute approximate surface area is 175 Å². The van der Waals surface area contributed by atoms with Crippen LogP contribution in [-0.2, 0) is 19.6 Å². The zero-order valence-corrected chi connectivity index (χ0v) is 18.2. The summed E-state index contributed by atoms with van der Waals surface area (Å²) in [5.41, 5.74) is -0.199. The van der Waals surface area contributed by atoms with E-state index in [0.29, 0.717) is 37.9 Å². The lowest BCUT2D eigenvalue weighted by molar-refractivity contribution is -0.0506. The number of halogens is 1. The second kappa shape index (κ2) is 8.86. The van der Waals surface area contributed by atoms with Crippen LogP contribution in [0.5, 0.6) is 0 Å². The van der Waals surface area contributed by atoms with Crippen LogP contribution in [0.4, 0.5) is 9.18 Å². The number of hydrogen-bond acceptors (Lipinski definition) is 7. The maximum absolute atomic E-state index is 13.6. The fraction of sp³-hybridized carbons (Fsp3) is 0.579. The monoisotopic (exact) mass is 442 g/mol. The number of nitrogens with one attached hydrogen (secondary N) is 1. The molecule has 2 heterocycles. The van der Waals surface area contributed by atoms with Gasteiger partial charge in [0, 0.05) is 39.0 Å². The molecule has 1 fully saturated rings. The lowest BCUT2D eigenvalue weighted by Crippen LogP contribution is -2.47. The Hall–Kier alpha value is -2.24. The zero-order chi connectivity index (χ0) is 21.9. The first kappa shape index (κ1) is 22.4. The molecule has 2 aliphatic heterocycles. The lowest BCUT2D eigenvalue weighted by Gasteiger charge is -2.36. The van der Waals surface area contributed by atoms with E-state index < -0.39 is 27.5 Å². The summed E-state index contributed by atoms with van der Waals surface area (Å²) in [6, 6.07) is 3.74. The molecule has 9 nitrogen and oxygen atoms in total. The molecule has 1 spiro atoms. The molecule has 0 unspecified atom stereocenters. The van der Waals surface area contributed by atoms with Crippen LogP contribution in [0.3, 0.4) is 0 Å². The first-order valence-electron chi connectivity index (χ1n) is 9.73. The minimum atomic E-state index is -3.81. The van der Waals surface area contributed by atoms with Crippen LogP contribution in [0.2, 0.25) is 0 Å². The number of hydrogen-bond donors (Lipinski definition) is 1. The molecule has 0 radical (unpaired) electrons. The van der Waals surface area contributed by atoms with Gasteiger partial charge >= 0.3 is 6.09 Å². The maximum Gasteiger partial charge on any atom is 0.413 e. The van der Waals surface area contributed by atoms with Crippen LogP contribution < -0.4 is 5.32 Å². The first-order chi connectivity index (χ1) is 14.1. The van der Waals surface area contributed by atoms with Gasteiger partial charge in [0.25, 0.3) is 0 Å². The van der Waals surface area contributed by atoms with Gasteiger partial charge in [0.2, 0.25) is 15.9 Å². The average molecular weight is 443 g/mol. The van der Waals surface area contributed by atoms with Crippen molar-refractivity contribution in [3.8, 4) is 0 Å². The number of nitrogens with zero attached hydrogens (tertiary/aromatic N) is 3. The summed E-state index contributed by atoms with van der Waals surface area (Å²) in [4.78, 5) is 19.3. The van der Waals surface area contributed by atoms with Crippen LogP contribution >= 0.6 is 0 Å². The van der Waals surface area contributed by atoms with Gasteiger partial charge in [0.05, 0.1) is 11.3 Å². The van der Waals surface area contributed by atoms with E-state index in [-0.39, 0.29) is 23.9 Å². The number of alkyl carbamates (subject to hydrolysis) is 1. The van der Waals surface area contributed by atoms with E-state index in [1.54, 1.807) is 6.92 Å². The van der Waals surface area contributed by atoms with E-state index in [9.17, 15) is 17.6 Å². The molecule has 30 heavy (non-hydrogen) atoms. The molecular weight excluding hydrogens is 415 g/mol. The molecule has 0 atom stereocenters. The Bertz CT molecular complexity index is 927. The lowest BCUT2D eigenvalue weighted by atomic mass is 9.89. The highest BCUT2D eigenvalue weighted by molar-refractivity contribution is 7.89. The van der Waals surface area contributed by atoms with Crippen molar-refractivity contribution in [1.29, 1.82) is 0 Å². The molecule has 0 saturated carbocycles. The summed E-state index contributed by atoms with van der Waals surface area (Å²) in [6.45, 7) is 3.17. The number of sulfonamides is 1. The second-order valence-electron chi connectivity index (χ2n) is 7.87. The Morgan fingerprint density at radius 3 is 2.73 bits per heavy atom. The number of aryl methyl sites for hydroxylation is 1. The number of piperidine rings is 1. The molecule has 1 N–H and O–H groups in total. The van der Waals surface area contributed by atoms with E-state index in [1.807, 2.05) is 19.0 Å². The third-order valence-corrected chi connectivity index (χ3v) is 7.30. The van der Waals surface area contributed by atoms with Gasteiger partial charge in [0.15, 0.2) is 0 Å². The molecule has 0 aliphatic carbocycles. The van der Waals surface area contributed by atoms with Crippen molar-refractivity contribution in [1.82, 2.24) is 14.5 Å². The van der Waals surface area contributed by atoms with E-state index >= 15 is 0 Å². The van der Waals surface area contributed by atoms with Crippen LogP contribution in [0.1, 0.15) is 24.8 Å². The van der Waals surface area contributed by atoms with Crippen molar-refractivity contribution in [3.63, 3.8) is 0 Å². The summed E-state index contributed by atoms with van der Waals surface area (Å²) >= 11 is 0. The summed E-state index contributed by atoms with van der Waals surface area (Å²) in [6.07, 6.45) is 0.470. The molecule has 0 bridgehead atoms. The first-order valence-corrected chi connectivity index (χ1v) is 11.2. The summed E-state index contributed by atoms with van der Waals surface area (Å²) < 4.78 is 46.0. The summed E-state index contributed by atoms with van der Waals surface area (Å²) in [5.74, 6) is -0.416. The molecule has 3 rings (SSSR count). The molecule has 166 valence electrons. The SMILES string of the molecule is Cc1ccc(F)cc1S(=O)(=O)N1CCC2(CC1)CC(OC(=O)NCCN(C)C)=NO2. The van der Waals surface area contributed by atoms with Gasteiger partial charge in [-0.25, -0.2) is 17.6 Å². The highest BCUT2D eigenvalue weighted by Gasteiger charge is 2.45. The third-order valence-electron chi connectivity index (χ3n) is 5.26. The van der Waals surface area contributed by atoms with Gasteiger partial charge in [0.1, 0.15) is 11.4 Å². The fourth-order valence-electron chi connectivity index (χ4n) is 3.46. The Kier molecular flexibility index (Phi) is 6.63. The number of ether oxygens (including phenoxy) is 1. The maximum atomic E-state index is 13.6. The Balaban J connectivity index is 1.54. The number of oxime groups is 1. The quantitative estimate of drug-likeness (QED) is 0.745. The standard InChI is InChI=1S/C19H27FN4O5S/c1-14-4-5-15(20)12-16(14)30(26,27)24-9-6-19(7-10-24)13-17(22-29-19)28-18(25)21-8-11-23(2)3/h4-5,12H,6-11,13H2,1-3H3,(H,21,25). The van der Waals surface area contributed by atoms with Gasteiger partial charge in [-0.3, -0.25) is 0 Å².